The van der Waals surface area contributed by atoms with Gasteiger partial charge in [0.05, 0.1) is 7.11 Å². The summed E-state index contributed by atoms with van der Waals surface area (Å²) in [6.45, 7) is -2.18. The van der Waals surface area contributed by atoms with Gasteiger partial charge in [0.25, 0.3) is 0 Å². The highest BCUT2D eigenvalue weighted by atomic mass is 19.3. The maximum Gasteiger partial charge on any atom is 0.387 e. The Morgan fingerprint density at radius 1 is 1.03 bits per heavy atom. The van der Waals surface area contributed by atoms with Crippen LogP contribution in [0.15, 0.2) is 73.3 Å². The molecule has 31 heavy (non-hydrogen) atoms. The third-order valence-electron chi connectivity index (χ3n) is 4.35. The molecular weight excluding hydrogens is 404 g/mol. The zero-order valence-corrected chi connectivity index (χ0v) is 16.8. The number of hydrogen-bond donors (Lipinski definition) is 0. The van der Waals surface area contributed by atoms with Gasteiger partial charge in [0.15, 0.2) is 11.5 Å². The van der Waals surface area contributed by atoms with Gasteiger partial charge in [0.1, 0.15) is 0 Å². The summed E-state index contributed by atoms with van der Waals surface area (Å²) in [7, 11) is 1.36. The highest BCUT2D eigenvalue weighted by Crippen LogP contribution is 2.29. The zero-order valence-electron chi connectivity index (χ0n) is 16.8. The van der Waals surface area contributed by atoms with E-state index in [0.29, 0.717) is 18.7 Å². The molecule has 3 aromatic rings. The fourth-order valence-corrected chi connectivity index (χ4v) is 2.89. The average molecular weight is 425 g/mol. The lowest BCUT2D eigenvalue weighted by Gasteiger charge is -2.21. The molecule has 0 fully saturated rings. The summed E-state index contributed by atoms with van der Waals surface area (Å²) in [5.74, 6) is -0.136. The summed E-state index contributed by atoms with van der Waals surface area (Å²) >= 11 is 0. The lowest BCUT2D eigenvalue weighted by atomic mass is 10.1. The topological polar surface area (TPSA) is 64.5 Å². The first kappa shape index (κ1) is 21.9. The van der Waals surface area contributed by atoms with E-state index in [4.69, 9.17) is 4.74 Å². The number of methoxy groups -OCH3 is 1. The Morgan fingerprint density at radius 2 is 1.81 bits per heavy atom. The molecule has 0 radical (unpaired) electrons. The molecule has 160 valence electrons. The third kappa shape index (κ3) is 6.60. The molecule has 8 heteroatoms. The number of carbonyl (C=O) groups is 1. The van der Waals surface area contributed by atoms with Crippen LogP contribution in [0, 0.1) is 0 Å². The van der Waals surface area contributed by atoms with Gasteiger partial charge in [0.2, 0.25) is 5.91 Å². The summed E-state index contributed by atoms with van der Waals surface area (Å²) < 4.78 is 34.5. The van der Waals surface area contributed by atoms with Crippen molar-refractivity contribution in [1.82, 2.24) is 14.9 Å². The molecule has 0 saturated heterocycles. The van der Waals surface area contributed by atoms with Gasteiger partial charge in [-0.1, -0.05) is 12.1 Å². The number of carbonyl (C=O) groups excluding carboxylic acids is 1. The van der Waals surface area contributed by atoms with E-state index in [1.54, 1.807) is 41.8 Å². The van der Waals surface area contributed by atoms with Gasteiger partial charge in [-0.2, -0.15) is 8.78 Å². The standard InChI is InChI=1S/C23H21F2N3O3/c1-30-21-13-17(4-6-20(21)31-23(24)25)5-7-22(29)28(15-18-8-11-26-12-9-18)16-19-3-2-10-27-14-19/h2-14,23H,15-16H2,1H3/b7-5+. The number of hydrogen-bond acceptors (Lipinski definition) is 5. The normalized spacial score (nSPS) is 11.0. The van der Waals surface area contributed by atoms with E-state index in [0.717, 1.165) is 11.1 Å². The molecular formula is C23H21F2N3O3. The third-order valence-corrected chi connectivity index (χ3v) is 4.35. The molecule has 1 amide bonds. The molecule has 0 saturated carbocycles. The van der Waals surface area contributed by atoms with Crippen LogP contribution in [0.3, 0.4) is 0 Å². The lowest BCUT2D eigenvalue weighted by Crippen LogP contribution is -2.28. The minimum atomic E-state index is -2.95. The van der Waals surface area contributed by atoms with Crippen molar-refractivity contribution < 1.29 is 23.0 Å². The molecule has 0 spiro atoms. The lowest BCUT2D eigenvalue weighted by molar-refractivity contribution is -0.127. The molecule has 6 nitrogen and oxygen atoms in total. The summed E-state index contributed by atoms with van der Waals surface area (Å²) in [5.41, 5.74) is 2.45. The molecule has 0 aliphatic carbocycles. The fourth-order valence-electron chi connectivity index (χ4n) is 2.89. The molecule has 3 rings (SSSR count). The monoisotopic (exact) mass is 425 g/mol. The first-order chi connectivity index (χ1) is 15.0. The van der Waals surface area contributed by atoms with Crippen molar-refractivity contribution in [3.63, 3.8) is 0 Å². The van der Waals surface area contributed by atoms with E-state index in [-0.39, 0.29) is 17.4 Å². The van der Waals surface area contributed by atoms with Crippen LogP contribution in [-0.4, -0.2) is 34.5 Å². The summed E-state index contributed by atoms with van der Waals surface area (Å²) in [4.78, 5) is 22.7. The second-order valence-corrected chi connectivity index (χ2v) is 6.53. The zero-order chi connectivity index (χ0) is 22.1. The molecule has 0 bridgehead atoms. The van der Waals surface area contributed by atoms with E-state index in [9.17, 15) is 13.6 Å². The fraction of sp³-hybridized carbons (Fsp3) is 0.174. The number of aromatic nitrogens is 2. The Labute approximate surface area is 178 Å². The van der Waals surface area contributed by atoms with Crippen LogP contribution in [0.5, 0.6) is 11.5 Å². The quantitative estimate of drug-likeness (QED) is 0.478. The van der Waals surface area contributed by atoms with Gasteiger partial charge in [-0.05, 0) is 53.1 Å². The molecule has 0 N–H and O–H groups in total. The van der Waals surface area contributed by atoms with Gasteiger partial charge in [-0.25, -0.2) is 0 Å². The predicted molar refractivity (Wildman–Crippen MR) is 111 cm³/mol. The Balaban J connectivity index is 1.78. The molecule has 1 aromatic carbocycles. The van der Waals surface area contributed by atoms with Crippen LogP contribution >= 0.6 is 0 Å². The van der Waals surface area contributed by atoms with Crippen molar-refractivity contribution >= 4 is 12.0 Å². The van der Waals surface area contributed by atoms with Crippen molar-refractivity contribution in [2.75, 3.05) is 7.11 Å². The Hall–Kier alpha value is -3.81. The first-order valence-electron chi connectivity index (χ1n) is 9.43. The number of ether oxygens (including phenoxy) is 2. The maximum absolute atomic E-state index is 12.9. The number of halogens is 2. The van der Waals surface area contributed by atoms with Crippen LogP contribution in [-0.2, 0) is 17.9 Å². The molecule has 0 unspecified atom stereocenters. The van der Waals surface area contributed by atoms with E-state index in [2.05, 4.69) is 14.7 Å². The minimum absolute atomic E-state index is 0.0723. The molecule has 2 aromatic heterocycles. The van der Waals surface area contributed by atoms with Crippen LogP contribution in [0.2, 0.25) is 0 Å². The van der Waals surface area contributed by atoms with E-state index in [1.165, 1.54) is 25.3 Å². The molecule has 0 aliphatic rings. The SMILES string of the molecule is COc1cc(/C=C/C(=O)N(Cc2ccncc2)Cc2cccnc2)ccc1OC(F)F. The molecule has 2 heterocycles. The highest BCUT2D eigenvalue weighted by molar-refractivity contribution is 5.91. The number of benzene rings is 1. The van der Waals surface area contributed by atoms with Crippen molar-refractivity contribution in [3.05, 3.63) is 90.0 Å². The number of rotatable bonds is 9. The second kappa shape index (κ2) is 10.8. The Bertz CT molecular complexity index is 974. The van der Waals surface area contributed by atoms with Crippen LogP contribution in [0.25, 0.3) is 6.08 Å². The molecule has 0 aliphatic heterocycles. The van der Waals surface area contributed by atoms with Crippen LogP contribution < -0.4 is 9.47 Å². The van der Waals surface area contributed by atoms with Crippen molar-refractivity contribution in [2.24, 2.45) is 0 Å². The van der Waals surface area contributed by atoms with Gasteiger partial charge in [-0.3, -0.25) is 14.8 Å². The van der Waals surface area contributed by atoms with E-state index in [1.807, 2.05) is 24.3 Å². The number of amides is 1. The van der Waals surface area contributed by atoms with Gasteiger partial charge >= 0.3 is 6.61 Å². The smallest absolute Gasteiger partial charge is 0.387 e. The average Bonchev–Trinajstić information content (AvgIpc) is 2.78. The molecule has 0 atom stereocenters. The van der Waals surface area contributed by atoms with E-state index >= 15 is 0 Å². The highest BCUT2D eigenvalue weighted by Gasteiger charge is 2.14. The summed E-state index contributed by atoms with van der Waals surface area (Å²) in [6.07, 6.45) is 9.76. The number of alkyl halides is 2. The Kier molecular flexibility index (Phi) is 7.64. The van der Waals surface area contributed by atoms with E-state index < -0.39 is 6.61 Å². The second-order valence-electron chi connectivity index (χ2n) is 6.53. The predicted octanol–water partition coefficient (Wildman–Crippen LogP) is 4.33. The van der Waals surface area contributed by atoms with Crippen molar-refractivity contribution in [2.45, 2.75) is 19.7 Å². The maximum atomic E-state index is 12.9. The number of pyridine rings is 2. The minimum Gasteiger partial charge on any atom is -0.493 e. The number of nitrogens with zero attached hydrogens (tertiary/aromatic N) is 3. The summed E-state index contributed by atoms with van der Waals surface area (Å²) in [6, 6.07) is 11.9. The van der Waals surface area contributed by atoms with Crippen molar-refractivity contribution in [1.29, 1.82) is 0 Å². The Morgan fingerprint density at radius 3 is 2.48 bits per heavy atom. The van der Waals surface area contributed by atoms with Gasteiger partial charge in [0, 0.05) is 44.0 Å². The first-order valence-corrected chi connectivity index (χ1v) is 9.43. The van der Waals surface area contributed by atoms with Crippen molar-refractivity contribution in [3.8, 4) is 11.5 Å². The summed E-state index contributed by atoms with van der Waals surface area (Å²) in [5, 5.41) is 0. The van der Waals surface area contributed by atoms with Crippen LogP contribution in [0.4, 0.5) is 8.78 Å². The van der Waals surface area contributed by atoms with Gasteiger partial charge < -0.3 is 14.4 Å². The van der Waals surface area contributed by atoms with Crippen LogP contribution in [0.1, 0.15) is 16.7 Å². The van der Waals surface area contributed by atoms with Gasteiger partial charge in [-0.15, -0.1) is 0 Å². The largest absolute Gasteiger partial charge is 0.493 e.